The Bertz CT molecular complexity index is 993. The highest BCUT2D eigenvalue weighted by Gasteiger charge is 2.27. The monoisotopic (exact) mass is 393 g/mol. The van der Waals surface area contributed by atoms with Gasteiger partial charge in [-0.25, -0.2) is 0 Å². The standard InChI is InChI=1S/C22H23N3O4/c1-16(28-21(26)15-19-18-9-5-6-10-20(18)29-23-19)22(27)25-13-11-24(12-14-25)17-7-3-2-4-8-17/h2-10,16H,11-15H2,1H3/t16-/m0/s1. The number of carbonyl (C=O) groups is 2. The molecule has 0 aliphatic carbocycles. The van der Waals surface area contributed by atoms with Crippen molar-refractivity contribution >= 4 is 28.5 Å². The first-order chi connectivity index (χ1) is 14.1. The van der Waals surface area contributed by atoms with E-state index in [0.717, 1.165) is 24.2 Å². The third kappa shape index (κ3) is 4.23. The number of anilines is 1. The molecular weight excluding hydrogens is 370 g/mol. The van der Waals surface area contributed by atoms with Crippen LogP contribution in [0.5, 0.6) is 0 Å². The van der Waals surface area contributed by atoms with Crippen LogP contribution in [0.15, 0.2) is 59.1 Å². The van der Waals surface area contributed by atoms with Crippen LogP contribution in [0.1, 0.15) is 12.6 Å². The molecule has 0 spiro atoms. The van der Waals surface area contributed by atoms with Crippen LogP contribution >= 0.6 is 0 Å². The van der Waals surface area contributed by atoms with Gasteiger partial charge in [-0.05, 0) is 31.2 Å². The van der Waals surface area contributed by atoms with E-state index in [2.05, 4.69) is 22.2 Å². The van der Waals surface area contributed by atoms with E-state index >= 15 is 0 Å². The minimum absolute atomic E-state index is 0.0313. The number of esters is 1. The van der Waals surface area contributed by atoms with Gasteiger partial charge in [-0.1, -0.05) is 35.5 Å². The van der Waals surface area contributed by atoms with Gasteiger partial charge >= 0.3 is 5.97 Å². The lowest BCUT2D eigenvalue weighted by molar-refractivity contribution is -0.158. The van der Waals surface area contributed by atoms with Crippen LogP contribution in [0.2, 0.25) is 0 Å². The van der Waals surface area contributed by atoms with Gasteiger partial charge in [0.15, 0.2) is 11.7 Å². The maximum Gasteiger partial charge on any atom is 0.312 e. The summed E-state index contributed by atoms with van der Waals surface area (Å²) in [5.74, 6) is -0.663. The van der Waals surface area contributed by atoms with Crippen molar-refractivity contribution in [1.82, 2.24) is 10.1 Å². The van der Waals surface area contributed by atoms with Gasteiger partial charge in [0.2, 0.25) is 0 Å². The number of amides is 1. The molecule has 1 aromatic heterocycles. The summed E-state index contributed by atoms with van der Waals surface area (Å²) in [6.07, 6.45) is -0.861. The van der Waals surface area contributed by atoms with E-state index in [-0.39, 0.29) is 12.3 Å². The Hall–Kier alpha value is -3.35. The molecule has 0 saturated carbocycles. The first kappa shape index (κ1) is 19.0. The Morgan fingerprint density at radius 3 is 2.48 bits per heavy atom. The molecule has 0 N–H and O–H groups in total. The molecule has 0 radical (unpaired) electrons. The molecule has 1 aliphatic rings. The number of ether oxygens (including phenoxy) is 1. The topological polar surface area (TPSA) is 75.9 Å². The SMILES string of the molecule is C[C@H](OC(=O)Cc1noc2ccccc12)C(=O)N1CCN(c2ccccc2)CC1. The Kier molecular flexibility index (Phi) is 5.46. The smallest absolute Gasteiger partial charge is 0.312 e. The highest BCUT2D eigenvalue weighted by atomic mass is 16.5. The first-order valence-corrected chi connectivity index (χ1v) is 9.73. The summed E-state index contributed by atoms with van der Waals surface area (Å²) in [7, 11) is 0. The normalized spacial score (nSPS) is 15.3. The summed E-state index contributed by atoms with van der Waals surface area (Å²) in [6.45, 7) is 4.32. The molecule has 1 aliphatic heterocycles. The van der Waals surface area contributed by atoms with Crippen LogP contribution in [-0.2, 0) is 20.7 Å². The molecule has 1 saturated heterocycles. The molecule has 2 aromatic carbocycles. The first-order valence-electron chi connectivity index (χ1n) is 9.73. The fraction of sp³-hybridized carbons (Fsp3) is 0.318. The average molecular weight is 393 g/mol. The number of hydrogen-bond acceptors (Lipinski definition) is 6. The molecule has 0 bridgehead atoms. The summed E-state index contributed by atoms with van der Waals surface area (Å²) in [5, 5.41) is 4.72. The minimum Gasteiger partial charge on any atom is -0.452 e. The van der Waals surface area contributed by atoms with E-state index in [1.54, 1.807) is 17.9 Å². The lowest BCUT2D eigenvalue weighted by Crippen LogP contribution is -2.51. The zero-order valence-corrected chi connectivity index (χ0v) is 16.3. The predicted octanol–water partition coefficient (Wildman–Crippen LogP) is 2.65. The van der Waals surface area contributed by atoms with Crippen LogP contribution < -0.4 is 4.90 Å². The highest BCUT2D eigenvalue weighted by Crippen LogP contribution is 2.19. The quantitative estimate of drug-likeness (QED) is 0.621. The van der Waals surface area contributed by atoms with Crippen molar-refractivity contribution < 1.29 is 18.8 Å². The second-order valence-corrected chi connectivity index (χ2v) is 7.08. The number of carbonyl (C=O) groups excluding carboxylic acids is 2. The van der Waals surface area contributed by atoms with Crippen molar-refractivity contribution in [1.29, 1.82) is 0 Å². The molecule has 0 unspecified atom stereocenters. The van der Waals surface area contributed by atoms with E-state index in [9.17, 15) is 9.59 Å². The number of aromatic nitrogens is 1. The summed E-state index contributed by atoms with van der Waals surface area (Å²) in [4.78, 5) is 29.0. The van der Waals surface area contributed by atoms with Gasteiger partial charge < -0.3 is 19.1 Å². The van der Waals surface area contributed by atoms with E-state index in [0.29, 0.717) is 24.4 Å². The van der Waals surface area contributed by atoms with Gasteiger partial charge in [0.1, 0.15) is 5.69 Å². The number of para-hydroxylation sites is 2. The van der Waals surface area contributed by atoms with E-state index in [4.69, 9.17) is 9.26 Å². The number of fused-ring (bicyclic) bond motifs is 1. The Balaban J connectivity index is 1.30. The number of piperazine rings is 1. The van der Waals surface area contributed by atoms with Gasteiger partial charge in [0, 0.05) is 37.3 Å². The molecule has 1 fully saturated rings. The molecule has 1 atom stereocenters. The third-order valence-electron chi connectivity index (χ3n) is 5.13. The summed E-state index contributed by atoms with van der Waals surface area (Å²) in [5.41, 5.74) is 2.29. The van der Waals surface area contributed by atoms with Gasteiger partial charge in [-0.15, -0.1) is 0 Å². The van der Waals surface area contributed by atoms with Gasteiger partial charge in [0.25, 0.3) is 5.91 Å². The Morgan fingerprint density at radius 2 is 1.72 bits per heavy atom. The number of rotatable bonds is 5. The van der Waals surface area contributed by atoms with Gasteiger partial charge in [-0.3, -0.25) is 9.59 Å². The average Bonchev–Trinajstić information content (AvgIpc) is 3.16. The fourth-order valence-corrected chi connectivity index (χ4v) is 3.57. The van der Waals surface area contributed by atoms with Gasteiger partial charge in [0.05, 0.1) is 6.42 Å². The minimum atomic E-state index is -0.830. The maximum absolute atomic E-state index is 12.7. The lowest BCUT2D eigenvalue weighted by atomic mass is 10.2. The maximum atomic E-state index is 12.7. The number of benzene rings is 2. The van der Waals surface area contributed by atoms with Crippen LogP contribution in [0.25, 0.3) is 11.0 Å². The Morgan fingerprint density at radius 1 is 1.03 bits per heavy atom. The summed E-state index contributed by atoms with van der Waals surface area (Å²) >= 11 is 0. The fourth-order valence-electron chi connectivity index (χ4n) is 3.57. The van der Waals surface area contributed by atoms with Gasteiger partial charge in [-0.2, -0.15) is 0 Å². The van der Waals surface area contributed by atoms with Crippen molar-refractivity contribution in [2.75, 3.05) is 31.1 Å². The molecule has 1 amide bonds. The summed E-state index contributed by atoms with van der Waals surface area (Å²) < 4.78 is 10.6. The van der Waals surface area contributed by atoms with Crippen molar-refractivity contribution in [3.63, 3.8) is 0 Å². The Labute approximate surface area is 168 Å². The van der Waals surface area contributed by atoms with E-state index in [1.165, 1.54) is 0 Å². The van der Waals surface area contributed by atoms with Crippen molar-refractivity contribution in [3.8, 4) is 0 Å². The highest BCUT2D eigenvalue weighted by molar-refractivity contribution is 5.87. The number of nitrogens with zero attached hydrogens (tertiary/aromatic N) is 3. The van der Waals surface area contributed by atoms with Crippen molar-refractivity contribution in [3.05, 3.63) is 60.3 Å². The second kappa shape index (κ2) is 8.34. The van der Waals surface area contributed by atoms with Crippen LogP contribution in [0.3, 0.4) is 0 Å². The second-order valence-electron chi connectivity index (χ2n) is 7.08. The molecule has 150 valence electrons. The molecule has 7 nitrogen and oxygen atoms in total. The largest absolute Gasteiger partial charge is 0.452 e. The van der Waals surface area contributed by atoms with Crippen molar-refractivity contribution in [2.24, 2.45) is 0 Å². The lowest BCUT2D eigenvalue weighted by Gasteiger charge is -2.37. The van der Waals surface area contributed by atoms with Crippen molar-refractivity contribution in [2.45, 2.75) is 19.4 Å². The van der Waals surface area contributed by atoms with Crippen LogP contribution in [-0.4, -0.2) is 54.2 Å². The zero-order valence-electron chi connectivity index (χ0n) is 16.3. The summed E-state index contributed by atoms with van der Waals surface area (Å²) in [6, 6.07) is 17.5. The number of hydrogen-bond donors (Lipinski definition) is 0. The van der Waals surface area contributed by atoms with E-state index < -0.39 is 12.1 Å². The van der Waals surface area contributed by atoms with E-state index in [1.807, 2.05) is 36.4 Å². The molecule has 29 heavy (non-hydrogen) atoms. The molecule has 2 heterocycles. The third-order valence-corrected chi connectivity index (χ3v) is 5.13. The molecular formula is C22H23N3O4. The predicted molar refractivity (Wildman–Crippen MR) is 109 cm³/mol. The van der Waals surface area contributed by atoms with Crippen LogP contribution in [0, 0.1) is 0 Å². The zero-order chi connectivity index (χ0) is 20.2. The molecule has 3 aromatic rings. The van der Waals surface area contributed by atoms with Crippen LogP contribution in [0.4, 0.5) is 5.69 Å². The molecule has 4 rings (SSSR count). The molecule has 7 heteroatoms.